The summed E-state index contributed by atoms with van der Waals surface area (Å²) in [7, 11) is 0. The molecule has 0 aromatic heterocycles. The van der Waals surface area contributed by atoms with E-state index < -0.39 is 0 Å². The van der Waals surface area contributed by atoms with E-state index in [0.29, 0.717) is 19.7 Å². The van der Waals surface area contributed by atoms with Crippen molar-refractivity contribution < 1.29 is 14.3 Å². The minimum atomic E-state index is 0.226. The van der Waals surface area contributed by atoms with Gasteiger partial charge in [0, 0.05) is 11.6 Å². The van der Waals surface area contributed by atoms with E-state index >= 15 is 0 Å². The molecule has 1 aromatic rings. The predicted molar refractivity (Wildman–Crippen MR) is 55.6 cm³/mol. The predicted octanol–water partition coefficient (Wildman–Crippen LogP) is 0.993. The quantitative estimate of drug-likeness (QED) is 0.593. The van der Waals surface area contributed by atoms with Crippen LogP contribution in [0.3, 0.4) is 0 Å². The number of nitrogen functional groups attached to an aromatic ring is 1. The van der Waals surface area contributed by atoms with E-state index in [4.69, 9.17) is 15.2 Å². The van der Waals surface area contributed by atoms with Gasteiger partial charge in [-0.25, -0.2) is 0 Å². The molecule has 4 nitrogen and oxygen atoms in total. The Balaban J connectivity index is 2.08. The van der Waals surface area contributed by atoms with Gasteiger partial charge in [0.2, 0.25) is 0 Å². The number of hydrogen-bond acceptors (Lipinski definition) is 4. The first kappa shape index (κ1) is 9.83. The third-order valence-electron chi connectivity index (χ3n) is 2.47. The number of hydrogen-bond donors (Lipinski definition) is 1. The Labute approximate surface area is 88.0 Å². The van der Waals surface area contributed by atoms with Gasteiger partial charge < -0.3 is 15.2 Å². The maximum atomic E-state index is 10.1. The molecule has 0 fully saturated rings. The molecule has 1 aliphatic heterocycles. The molecular weight excluding hydrogens is 194 g/mol. The Morgan fingerprint density at radius 3 is 3.27 bits per heavy atom. The van der Waals surface area contributed by atoms with Crippen LogP contribution in [0.5, 0.6) is 5.75 Å². The van der Waals surface area contributed by atoms with E-state index in [2.05, 4.69) is 0 Å². The zero-order chi connectivity index (χ0) is 10.7. The van der Waals surface area contributed by atoms with Crippen LogP contribution < -0.4 is 10.5 Å². The lowest BCUT2D eigenvalue weighted by Gasteiger charge is -2.24. The first-order valence-corrected chi connectivity index (χ1v) is 4.86. The lowest BCUT2D eigenvalue weighted by Crippen LogP contribution is -2.25. The van der Waals surface area contributed by atoms with Crippen molar-refractivity contribution >= 4 is 12.2 Å². The van der Waals surface area contributed by atoms with Gasteiger partial charge in [0.15, 0.2) is 0 Å². The number of benzene rings is 1. The van der Waals surface area contributed by atoms with Crippen molar-refractivity contribution in [1.29, 1.82) is 0 Å². The minimum absolute atomic E-state index is 0.226. The molecule has 0 saturated heterocycles. The summed E-state index contributed by atoms with van der Waals surface area (Å²) in [6.45, 7) is 1.46. The second kappa shape index (κ2) is 4.21. The second-order valence-electron chi connectivity index (χ2n) is 3.68. The lowest BCUT2D eigenvalue weighted by molar-refractivity contribution is -0.130. The molecule has 2 rings (SSSR count). The number of fused-ring (bicyclic) bond motifs is 1. The number of rotatable bonds is 3. The second-order valence-corrected chi connectivity index (χ2v) is 3.68. The Kier molecular flexibility index (Phi) is 2.76. The largest absolute Gasteiger partial charge is 0.493 e. The first-order chi connectivity index (χ1) is 7.29. The highest BCUT2D eigenvalue weighted by molar-refractivity contribution is 5.48. The van der Waals surface area contributed by atoms with Gasteiger partial charge >= 0.3 is 0 Å². The van der Waals surface area contributed by atoms with Gasteiger partial charge in [-0.3, -0.25) is 4.79 Å². The molecule has 1 unspecified atom stereocenters. The molecule has 1 aromatic carbocycles. The highest BCUT2D eigenvalue weighted by Gasteiger charge is 2.20. The standard InChI is InChI=1S/C11H13NO3/c12-10-1-2-11-9(4-10)3-8(6-15-11)5-14-7-13/h1-2,4,7-8H,3,5-6,12H2. The van der Waals surface area contributed by atoms with E-state index in [1.54, 1.807) is 0 Å². The average Bonchev–Trinajstić information content (AvgIpc) is 2.25. The molecule has 0 radical (unpaired) electrons. The average molecular weight is 207 g/mol. The first-order valence-electron chi connectivity index (χ1n) is 4.86. The number of carbonyl (C=O) groups excluding carboxylic acids is 1. The van der Waals surface area contributed by atoms with E-state index in [9.17, 15) is 4.79 Å². The molecule has 2 N–H and O–H groups in total. The Bertz CT molecular complexity index is 365. The van der Waals surface area contributed by atoms with Crippen molar-refractivity contribution in [3.05, 3.63) is 23.8 Å². The summed E-state index contributed by atoms with van der Waals surface area (Å²) in [6, 6.07) is 5.60. The van der Waals surface area contributed by atoms with Crippen molar-refractivity contribution in [3.8, 4) is 5.75 Å². The summed E-state index contributed by atoms with van der Waals surface area (Å²) in [5.74, 6) is 1.11. The molecule has 80 valence electrons. The van der Waals surface area contributed by atoms with Gasteiger partial charge in [0.25, 0.3) is 6.47 Å². The highest BCUT2D eigenvalue weighted by Crippen LogP contribution is 2.28. The summed E-state index contributed by atoms with van der Waals surface area (Å²) < 4.78 is 10.3. The fourth-order valence-corrected chi connectivity index (χ4v) is 1.76. The zero-order valence-corrected chi connectivity index (χ0v) is 8.31. The minimum Gasteiger partial charge on any atom is -0.493 e. The summed E-state index contributed by atoms with van der Waals surface area (Å²) >= 11 is 0. The molecule has 4 heteroatoms. The molecule has 1 heterocycles. The fourth-order valence-electron chi connectivity index (χ4n) is 1.76. The normalized spacial score (nSPS) is 18.8. The maximum Gasteiger partial charge on any atom is 0.293 e. The van der Waals surface area contributed by atoms with Crippen molar-refractivity contribution in [2.75, 3.05) is 18.9 Å². The van der Waals surface area contributed by atoms with Crippen molar-refractivity contribution in [3.63, 3.8) is 0 Å². The van der Waals surface area contributed by atoms with Crippen LogP contribution in [0, 0.1) is 5.92 Å². The summed E-state index contributed by atoms with van der Waals surface area (Å²) in [5.41, 5.74) is 7.50. The van der Waals surface area contributed by atoms with E-state index in [1.165, 1.54) is 0 Å². The molecule has 0 bridgehead atoms. The molecular formula is C11H13NO3. The topological polar surface area (TPSA) is 61.5 Å². The van der Waals surface area contributed by atoms with E-state index in [1.807, 2.05) is 18.2 Å². The van der Waals surface area contributed by atoms with Crippen molar-refractivity contribution in [2.24, 2.45) is 5.92 Å². The van der Waals surface area contributed by atoms with Crippen LogP contribution in [0.1, 0.15) is 5.56 Å². The van der Waals surface area contributed by atoms with Crippen LogP contribution in [0.25, 0.3) is 0 Å². The maximum absolute atomic E-state index is 10.1. The van der Waals surface area contributed by atoms with Crippen LogP contribution in [0.15, 0.2) is 18.2 Å². The molecule has 0 saturated carbocycles. The SMILES string of the molecule is Nc1ccc2c(c1)CC(COC=O)CO2. The van der Waals surface area contributed by atoms with Gasteiger partial charge in [0.05, 0.1) is 13.2 Å². The Morgan fingerprint density at radius 2 is 2.47 bits per heavy atom. The monoisotopic (exact) mass is 207 g/mol. The van der Waals surface area contributed by atoms with Crippen molar-refractivity contribution in [2.45, 2.75) is 6.42 Å². The van der Waals surface area contributed by atoms with E-state index in [-0.39, 0.29) is 5.92 Å². The molecule has 0 aliphatic carbocycles. The van der Waals surface area contributed by atoms with Gasteiger partial charge in [0.1, 0.15) is 5.75 Å². The van der Waals surface area contributed by atoms with Gasteiger partial charge in [-0.05, 0) is 30.2 Å². The van der Waals surface area contributed by atoms with Gasteiger partial charge in [-0.1, -0.05) is 0 Å². The van der Waals surface area contributed by atoms with Gasteiger partial charge in [-0.2, -0.15) is 0 Å². The number of carbonyl (C=O) groups is 1. The third-order valence-corrected chi connectivity index (χ3v) is 2.47. The van der Waals surface area contributed by atoms with Gasteiger partial charge in [-0.15, -0.1) is 0 Å². The lowest BCUT2D eigenvalue weighted by atomic mass is 9.97. The highest BCUT2D eigenvalue weighted by atomic mass is 16.5. The Morgan fingerprint density at radius 1 is 1.60 bits per heavy atom. The summed E-state index contributed by atoms with van der Waals surface area (Å²) in [5, 5.41) is 0. The van der Waals surface area contributed by atoms with Crippen LogP contribution in [0.2, 0.25) is 0 Å². The summed E-state index contributed by atoms with van der Waals surface area (Å²) in [6.07, 6.45) is 0.841. The summed E-state index contributed by atoms with van der Waals surface area (Å²) in [4.78, 5) is 10.1. The molecule has 1 aliphatic rings. The number of nitrogens with two attached hydrogens (primary N) is 1. The number of anilines is 1. The Hall–Kier alpha value is -1.71. The smallest absolute Gasteiger partial charge is 0.293 e. The van der Waals surface area contributed by atoms with E-state index in [0.717, 1.165) is 23.4 Å². The van der Waals surface area contributed by atoms with Crippen LogP contribution in [-0.4, -0.2) is 19.7 Å². The molecule has 15 heavy (non-hydrogen) atoms. The fraction of sp³-hybridized carbons (Fsp3) is 0.364. The molecule has 0 amide bonds. The van der Waals surface area contributed by atoms with Crippen molar-refractivity contribution in [1.82, 2.24) is 0 Å². The molecule has 1 atom stereocenters. The zero-order valence-electron chi connectivity index (χ0n) is 8.31. The molecule has 0 spiro atoms. The van der Waals surface area contributed by atoms with Crippen LogP contribution in [-0.2, 0) is 16.0 Å². The van der Waals surface area contributed by atoms with Crippen LogP contribution >= 0.6 is 0 Å². The van der Waals surface area contributed by atoms with Crippen LogP contribution in [0.4, 0.5) is 5.69 Å². The third kappa shape index (κ3) is 2.21. The number of ether oxygens (including phenoxy) is 2.